The molecule has 154 valence electrons. The lowest BCUT2D eigenvalue weighted by molar-refractivity contribution is -0.0621. The van der Waals surface area contributed by atoms with Crippen LogP contribution in [-0.2, 0) is 16.1 Å². The maximum Gasteiger partial charge on any atom is 0.410 e. The number of aliphatic hydroxyl groups is 1. The van der Waals surface area contributed by atoms with Crippen molar-refractivity contribution in [1.82, 2.24) is 10.2 Å². The molecule has 7 nitrogen and oxygen atoms in total. The minimum Gasteiger partial charge on any atom is -0.445 e. The first-order valence-corrected chi connectivity index (χ1v) is 9.82. The van der Waals surface area contributed by atoms with Gasteiger partial charge < -0.3 is 24.8 Å². The molecule has 0 aromatic heterocycles. The van der Waals surface area contributed by atoms with E-state index >= 15 is 0 Å². The molecule has 7 heteroatoms. The first-order chi connectivity index (χ1) is 13.1. The van der Waals surface area contributed by atoms with Gasteiger partial charge in [0.05, 0.1) is 11.1 Å². The third-order valence-electron chi connectivity index (χ3n) is 5.44. The summed E-state index contributed by atoms with van der Waals surface area (Å²) in [5.74, 6) is 0. The summed E-state index contributed by atoms with van der Waals surface area (Å²) < 4.78 is 10.7. The number of carbonyl (C=O) groups is 2. The van der Waals surface area contributed by atoms with Gasteiger partial charge >= 0.3 is 12.2 Å². The third-order valence-corrected chi connectivity index (χ3v) is 5.44. The Bertz CT molecular complexity index is 701. The van der Waals surface area contributed by atoms with Crippen LogP contribution < -0.4 is 5.32 Å². The zero-order valence-electron chi connectivity index (χ0n) is 16.9. The first-order valence-electron chi connectivity index (χ1n) is 9.82. The van der Waals surface area contributed by atoms with Crippen LogP contribution in [0.3, 0.4) is 0 Å². The molecule has 1 aliphatic carbocycles. The molecular formula is C21H30N2O5. The Morgan fingerprint density at radius 2 is 1.71 bits per heavy atom. The number of benzene rings is 1. The van der Waals surface area contributed by atoms with Crippen molar-refractivity contribution in [2.75, 3.05) is 13.1 Å². The van der Waals surface area contributed by atoms with Crippen molar-refractivity contribution in [3.05, 3.63) is 35.9 Å². The SMILES string of the molecule is CC(C)(C)OC(=O)N1CCC(O)(C2(NC(=O)OCc3ccccc3)CC2)CC1. The van der Waals surface area contributed by atoms with E-state index in [1.807, 2.05) is 51.1 Å². The fourth-order valence-electron chi connectivity index (χ4n) is 3.65. The average molecular weight is 390 g/mol. The lowest BCUT2D eigenvalue weighted by Gasteiger charge is -2.43. The number of piperidine rings is 1. The maximum absolute atomic E-state index is 12.3. The van der Waals surface area contributed by atoms with E-state index in [0.29, 0.717) is 38.8 Å². The number of amides is 2. The van der Waals surface area contributed by atoms with Crippen LogP contribution in [0, 0.1) is 0 Å². The Balaban J connectivity index is 1.51. The molecule has 1 aromatic rings. The minimum absolute atomic E-state index is 0.188. The molecule has 1 aliphatic heterocycles. The largest absolute Gasteiger partial charge is 0.445 e. The highest BCUT2D eigenvalue weighted by Crippen LogP contribution is 2.49. The molecule has 2 N–H and O–H groups in total. The quantitative estimate of drug-likeness (QED) is 0.824. The average Bonchev–Trinajstić information content (AvgIpc) is 3.41. The van der Waals surface area contributed by atoms with Gasteiger partial charge in [0.25, 0.3) is 0 Å². The van der Waals surface area contributed by atoms with Crippen molar-refractivity contribution in [3.63, 3.8) is 0 Å². The van der Waals surface area contributed by atoms with Crippen LogP contribution in [0.5, 0.6) is 0 Å². The molecular weight excluding hydrogens is 360 g/mol. The van der Waals surface area contributed by atoms with Gasteiger partial charge in [-0.1, -0.05) is 30.3 Å². The van der Waals surface area contributed by atoms with E-state index < -0.39 is 22.8 Å². The van der Waals surface area contributed by atoms with E-state index in [1.165, 1.54) is 0 Å². The van der Waals surface area contributed by atoms with E-state index in [1.54, 1.807) is 4.90 Å². The summed E-state index contributed by atoms with van der Waals surface area (Å²) >= 11 is 0. The standard InChI is InChI=1S/C21H30N2O5/c1-19(2,3)28-18(25)23-13-11-21(26,12-14-23)20(9-10-20)22-17(24)27-15-16-7-5-4-6-8-16/h4-8,26H,9-15H2,1-3H3,(H,22,24). The lowest BCUT2D eigenvalue weighted by Crippen LogP contribution is -2.60. The Kier molecular flexibility index (Phi) is 5.57. The summed E-state index contributed by atoms with van der Waals surface area (Å²) in [7, 11) is 0. The van der Waals surface area contributed by atoms with Crippen molar-refractivity contribution in [3.8, 4) is 0 Å². The zero-order valence-corrected chi connectivity index (χ0v) is 16.9. The smallest absolute Gasteiger partial charge is 0.410 e. The molecule has 1 heterocycles. The van der Waals surface area contributed by atoms with Gasteiger partial charge in [0.2, 0.25) is 0 Å². The van der Waals surface area contributed by atoms with E-state index in [4.69, 9.17) is 9.47 Å². The van der Waals surface area contributed by atoms with Gasteiger partial charge in [-0.2, -0.15) is 0 Å². The second kappa shape index (κ2) is 7.62. The first kappa shape index (κ1) is 20.5. The van der Waals surface area contributed by atoms with Crippen LogP contribution in [0.25, 0.3) is 0 Å². The monoisotopic (exact) mass is 390 g/mol. The summed E-state index contributed by atoms with van der Waals surface area (Å²) in [6.07, 6.45) is 1.31. The van der Waals surface area contributed by atoms with E-state index in [9.17, 15) is 14.7 Å². The van der Waals surface area contributed by atoms with E-state index in [-0.39, 0.29) is 12.7 Å². The summed E-state index contributed by atoms with van der Waals surface area (Å²) in [6, 6.07) is 9.46. The second-order valence-electron chi connectivity index (χ2n) is 8.77. The zero-order chi connectivity index (χ0) is 20.4. The molecule has 2 aliphatic rings. The molecule has 2 fully saturated rings. The second-order valence-corrected chi connectivity index (χ2v) is 8.77. The highest BCUT2D eigenvalue weighted by molar-refractivity contribution is 5.70. The van der Waals surface area contributed by atoms with Crippen molar-refractivity contribution in [2.24, 2.45) is 0 Å². The molecule has 3 rings (SSSR count). The number of hydrogen-bond acceptors (Lipinski definition) is 5. The van der Waals surface area contributed by atoms with Gasteiger partial charge in [0, 0.05) is 13.1 Å². The summed E-state index contributed by atoms with van der Waals surface area (Å²) in [4.78, 5) is 26.1. The summed E-state index contributed by atoms with van der Waals surface area (Å²) in [5.41, 5.74) is -1.35. The van der Waals surface area contributed by atoms with Crippen LogP contribution in [0.1, 0.15) is 52.0 Å². The van der Waals surface area contributed by atoms with Gasteiger partial charge in [-0.25, -0.2) is 9.59 Å². The highest BCUT2D eigenvalue weighted by atomic mass is 16.6. The summed E-state index contributed by atoms with van der Waals surface area (Å²) in [6.45, 7) is 6.47. The van der Waals surface area contributed by atoms with E-state index in [2.05, 4.69) is 5.32 Å². The molecule has 0 atom stereocenters. The molecule has 1 saturated heterocycles. The Morgan fingerprint density at radius 1 is 1.11 bits per heavy atom. The Hall–Kier alpha value is -2.28. The molecule has 1 saturated carbocycles. The minimum atomic E-state index is -1.04. The number of nitrogens with zero attached hydrogens (tertiary/aromatic N) is 1. The summed E-state index contributed by atoms with van der Waals surface area (Å²) in [5, 5.41) is 14.1. The fraction of sp³-hybridized carbons (Fsp3) is 0.619. The molecule has 0 bridgehead atoms. The van der Waals surface area contributed by atoms with Crippen LogP contribution in [0.15, 0.2) is 30.3 Å². The van der Waals surface area contributed by atoms with Gasteiger partial charge in [0.1, 0.15) is 12.2 Å². The number of hydrogen-bond donors (Lipinski definition) is 2. The van der Waals surface area contributed by atoms with Crippen LogP contribution >= 0.6 is 0 Å². The molecule has 0 unspecified atom stereocenters. The number of rotatable bonds is 4. The normalized spacial score (nSPS) is 20.2. The van der Waals surface area contributed by atoms with Crippen molar-refractivity contribution in [2.45, 2.75) is 69.8 Å². The third kappa shape index (κ3) is 4.76. The predicted octanol–water partition coefficient (Wildman–Crippen LogP) is 3.21. The van der Waals surface area contributed by atoms with Gasteiger partial charge in [0.15, 0.2) is 0 Å². The van der Waals surface area contributed by atoms with Gasteiger partial charge in [-0.05, 0) is 52.0 Å². The van der Waals surface area contributed by atoms with Crippen molar-refractivity contribution < 1.29 is 24.2 Å². The molecule has 1 aromatic carbocycles. The van der Waals surface area contributed by atoms with Crippen LogP contribution in [0.4, 0.5) is 9.59 Å². The fourth-order valence-corrected chi connectivity index (χ4v) is 3.65. The Labute approximate surface area is 166 Å². The molecule has 0 spiro atoms. The molecule has 0 radical (unpaired) electrons. The Morgan fingerprint density at radius 3 is 2.25 bits per heavy atom. The number of carbonyl (C=O) groups excluding carboxylic acids is 2. The van der Waals surface area contributed by atoms with Gasteiger partial charge in [-0.3, -0.25) is 0 Å². The predicted molar refractivity (Wildman–Crippen MR) is 104 cm³/mol. The topological polar surface area (TPSA) is 88.1 Å². The molecule has 2 amide bonds. The van der Waals surface area contributed by atoms with Crippen molar-refractivity contribution >= 4 is 12.2 Å². The number of alkyl carbamates (subject to hydrolysis) is 1. The number of likely N-dealkylation sites (tertiary alicyclic amines) is 1. The molecule has 28 heavy (non-hydrogen) atoms. The number of ether oxygens (including phenoxy) is 2. The number of nitrogens with one attached hydrogen (secondary N) is 1. The highest BCUT2D eigenvalue weighted by Gasteiger charge is 2.60. The maximum atomic E-state index is 12.3. The lowest BCUT2D eigenvalue weighted by atomic mass is 9.82. The van der Waals surface area contributed by atoms with Crippen molar-refractivity contribution in [1.29, 1.82) is 0 Å². The van der Waals surface area contributed by atoms with Gasteiger partial charge in [-0.15, -0.1) is 0 Å². The van der Waals surface area contributed by atoms with E-state index in [0.717, 1.165) is 5.56 Å². The van der Waals surface area contributed by atoms with Crippen LogP contribution in [0.2, 0.25) is 0 Å². The van der Waals surface area contributed by atoms with Crippen LogP contribution in [-0.4, -0.2) is 52.0 Å².